The molecule has 2 aromatic rings. The van der Waals surface area contributed by atoms with E-state index < -0.39 is 12.0 Å². The summed E-state index contributed by atoms with van der Waals surface area (Å²) in [5, 5.41) is 4.67. The fraction of sp³-hybridized carbons (Fsp3) is 0.656. The molecular weight excluding hydrogens is 568 g/mol. The summed E-state index contributed by atoms with van der Waals surface area (Å²) >= 11 is 0. The van der Waals surface area contributed by atoms with Crippen LogP contribution in [-0.2, 0) is 26.3 Å². The molecule has 1 unspecified atom stereocenters. The maximum absolute atomic E-state index is 14.5. The number of halogens is 2. The van der Waals surface area contributed by atoms with Crippen LogP contribution in [0, 0.1) is 6.92 Å². The van der Waals surface area contributed by atoms with Gasteiger partial charge in [-0.1, -0.05) is 6.58 Å². The zero-order valence-electron chi connectivity index (χ0n) is 25.8. The first-order valence-corrected chi connectivity index (χ1v) is 16.0. The second-order valence-electron chi connectivity index (χ2n) is 12.9. The third kappa shape index (κ3) is 4.89. The van der Waals surface area contributed by atoms with Gasteiger partial charge in [-0.15, -0.1) is 0 Å². The molecule has 0 bridgehead atoms. The summed E-state index contributed by atoms with van der Waals surface area (Å²) in [4.78, 5) is 25.5. The van der Waals surface area contributed by atoms with Gasteiger partial charge in [-0.2, -0.15) is 5.10 Å². The average molecular weight is 612 g/mol. The van der Waals surface area contributed by atoms with E-state index >= 15 is 0 Å². The number of carbonyl (C=O) groups is 1. The molecular formula is C32H43F2N7O3. The summed E-state index contributed by atoms with van der Waals surface area (Å²) in [6.07, 6.45) is 4.57. The Labute approximate surface area is 257 Å². The zero-order valence-corrected chi connectivity index (χ0v) is 25.8. The third-order valence-corrected chi connectivity index (χ3v) is 10.6. The van der Waals surface area contributed by atoms with Crippen LogP contribution in [0.25, 0.3) is 0 Å². The molecule has 12 heteroatoms. The summed E-state index contributed by atoms with van der Waals surface area (Å²) in [7, 11) is 1.69. The molecule has 44 heavy (non-hydrogen) atoms. The molecule has 3 saturated heterocycles. The number of piperazine rings is 1. The Morgan fingerprint density at radius 3 is 2.68 bits per heavy atom. The molecule has 1 amide bonds. The molecule has 3 atom stereocenters. The molecule has 238 valence electrons. The summed E-state index contributed by atoms with van der Waals surface area (Å²) in [6.45, 7) is 11.9. The van der Waals surface area contributed by atoms with Gasteiger partial charge in [0.15, 0.2) is 0 Å². The monoisotopic (exact) mass is 611 g/mol. The van der Waals surface area contributed by atoms with Crippen LogP contribution < -0.4 is 9.80 Å². The molecule has 0 aromatic carbocycles. The van der Waals surface area contributed by atoms with Gasteiger partial charge in [0, 0.05) is 82.3 Å². The van der Waals surface area contributed by atoms with Gasteiger partial charge in [0.05, 0.1) is 31.1 Å². The maximum Gasteiger partial charge on any atom is 0.280 e. The number of alkyl halides is 2. The van der Waals surface area contributed by atoms with E-state index in [-0.39, 0.29) is 23.7 Å². The zero-order chi connectivity index (χ0) is 30.6. The van der Waals surface area contributed by atoms with E-state index in [0.29, 0.717) is 63.2 Å². The third-order valence-electron chi connectivity index (χ3n) is 10.6. The summed E-state index contributed by atoms with van der Waals surface area (Å²) in [5.74, 6) is 0.616. The number of aromatic nitrogens is 3. The van der Waals surface area contributed by atoms with E-state index in [1.807, 2.05) is 11.1 Å². The van der Waals surface area contributed by atoms with Crippen LogP contribution in [0.2, 0.25) is 0 Å². The Kier molecular flexibility index (Phi) is 7.86. The first-order valence-electron chi connectivity index (χ1n) is 16.0. The number of methoxy groups -OCH3 is 1. The molecule has 0 saturated carbocycles. The minimum atomic E-state index is -2.62. The van der Waals surface area contributed by atoms with Crippen molar-refractivity contribution in [3.8, 4) is 0 Å². The largest absolute Gasteiger partial charge is 0.382 e. The summed E-state index contributed by atoms with van der Waals surface area (Å²) < 4.78 is 43.2. The average Bonchev–Trinajstić information content (AvgIpc) is 3.37. The number of fused-ring (bicyclic) bond motifs is 5. The normalized spacial score (nSPS) is 26.6. The number of anilines is 2. The highest BCUT2D eigenvalue weighted by Gasteiger charge is 2.48. The molecule has 0 N–H and O–H groups in total. The van der Waals surface area contributed by atoms with Crippen molar-refractivity contribution in [3.63, 3.8) is 0 Å². The first kappa shape index (κ1) is 29.6. The molecule has 2 aromatic heterocycles. The Morgan fingerprint density at radius 2 is 1.98 bits per heavy atom. The highest BCUT2D eigenvalue weighted by atomic mass is 19.3. The van der Waals surface area contributed by atoms with Crippen LogP contribution in [0.4, 0.5) is 20.3 Å². The van der Waals surface area contributed by atoms with Crippen molar-refractivity contribution >= 4 is 17.4 Å². The van der Waals surface area contributed by atoms with Crippen LogP contribution >= 0.6 is 0 Å². The van der Waals surface area contributed by atoms with E-state index in [0.717, 1.165) is 62.3 Å². The Morgan fingerprint density at radius 1 is 1.20 bits per heavy atom. The number of ether oxygens (including phenoxy) is 2. The molecule has 0 radical (unpaired) electrons. The smallest absolute Gasteiger partial charge is 0.280 e. The number of amides is 1. The lowest BCUT2D eigenvalue weighted by Crippen LogP contribution is -2.69. The number of pyridine rings is 1. The molecule has 5 aliphatic heterocycles. The lowest BCUT2D eigenvalue weighted by molar-refractivity contribution is -0.128. The van der Waals surface area contributed by atoms with Crippen molar-refractivity contribution in [1.29, 1.82) is 0 Å². The van der Waals surface area contributed by atoms with Gasteiger partial charge in [-0.3, -0.25) is 14.4 Å². The van der Waals surface area contributed by atoms with Gasteiger partial charge in [0.1, 0.15) is 17.1 Å². The highest BCUT2D eigenvalue weighted by Crippen LogP contribution is 2.46. The second-order valence-corrected chi connectivity index (χ2v) is 12.9. The highest BCUT2D eigenvalue weighted by molar-refractivity contribution is 5.87. The van der Waals surface area contributed by atoms with Crippen molar-refractivity contribution in [2.75, 3.05) is 75.9 Å². The molecule has 7 rings (SSSR count). The SMILES string of the molecule is C=CC(=O)N1CCN(C2CN3c4cc(N5CCC6(CC5)OC[C@@H](COC)n5ncc(C)c56)nc(C(F)F)c4CCC[C@@H]23)CC1. The first-order chi connectivity index (χ1) is 21.3. The number of nitrogens with zero attached hydrogens (tertiary/aromatic N) is 7. The van der Waals surface area contributed by atoms with E-state index in [1.54, 1.807) is 7.11 Å². The number of carbonyl (C=O) groups excluding carboxylic acids is 1. The van der Waals surface area contributed by atoms with Crippen LogP contribution in [0.5, 0.6) is 0 Å². The van der Waals surface area contributed by atoms with E-state index in [1.165, 1.54) is 6.08 Å². The fourth-order valence-electron chi connectivity index (χ4n) is 8.30. The van der Waals surface area contributed by atoms with Gasteiger partial charge in [0.25, 0.3) is 6.43 Å². The van der Waals surface area contributed by atoms with Crippen molar-refractivity contribution in [2.45, 2.75) is 69.2 Å². The molecule has 5 aliphatic rings. The Hall–Kier alpha value is -3.09. The fourth-order valence-corrected chi connectivity index (χ4v) is 8.30. The van der Waals surface area contributed by atoms with Gasteiger partial charge in [0.2, 0.25) is 5.91 Å². The Balaban J connectivity index is 1.10. The quantitative estimate of drug-likeness (QED) is 0.460. The molecule has 1 spiro atoms. The molecule has 0 aliphatic carbocycles. The lowest BCUT2D eigenvalue weighted by Gasteiger charge is -2.55. The number of piperidine rings is 1. The van der Waals surface area contributed by atoms with Crippen LogP contribution in [0.15, 0.2) is 24.9 Å². The van der Waals surface area contributed by atoms with E-state index in [9.17, 15) is 13.6 Å². The minimum Gasteiger partial charge on any atom is -0.382 e. The van der Waals surface area contributed by atoms with Crippen molar-refractivity contribution in [3.05, 3.63) is 47.4 Å². The predicted octanol–water partition coefficient (Wildman–Crippen LogP) is 3.46. The van der Waals surface area contributed by atoms with Crippen molar-refractivity contribution in [2.24, 2.45) is 0 Å². The predicted molar refractivity (Wildman–Crippen MR) is 162 cm³/mol. The second kappa shape index (κ2) is 11.7. The molecule has 7 heterocycles. The maximum atomic E-state index is 14.5. The van der Waals surface area contributed by atoms with E-state index in [2.05, 4.69) is 49.0 Å². The van der Waals surface area contributed by atoms with Crippen LogP contribution in [0.3, 0.4) is 0 Å². The topological polar surface area (TPSA) is 79.2 Å². The molecule has 3 fully saturated rings. The van der Waals surface area contributed by atoms with Gasteiger partial charge in [-0.05, 0) is 50.7 Å². The van der Waals surface area contributed by atoms with Gasteiger partial charge < -0.3 is 24.2 Å². The number of rotatable bonds is 6. The van der Waals surface area contributed by atoms with Gasteiger partial charge in [-0.25, -0.2) is 13.8 Å². The Bertz CT molecular complexity index is 1400. The van der Waals surface area contributed by atoms with Crippen molar-refractivity contribution in [1.82, 2.24) is 24.6 Å². The van der Waals surface area contributed by atoms with Crippen molar-refractivity contribution < 1.29 is 23.0 Å². The van der Waals surface area contributed by atoms with Crippen LogP contribution in [-0.4, -0.2) is 109 Å². The molecule has 10 nitrogen and oxygen atoms in total. The standard InChI is InChI=1S/C32H43F2N7O3/c1-4-28(42)39-14-12-37(13-15-39)26-18-40-24(26)7-5-6-23-25(40)16-27(36-29(23)31(33)34)38-10-8-32(9-11-38)30-21(2)17-35-41(30)22(19-43-3)20-44-32/h4,16-17,22,24,26,31H,1,5-15,18-20H2,2-3H3/t22-,24+,26?/m1/s1. The number of hydrogen-bond acceptors (Lipinski definition) is 8. The number of hydrogen-bond donors (Lipinski definition) is 0. The number of aryl methyl sites for hydroxylation is 1. The minimum absolute atomic E-state index is 0.0161. The van der Waals surface area contributed by atoms with E-state index in [4.69, 9.17) is 9.47 Å². The van der Waals surface area contributed by atoms with Crippen LogP contribution in [0.1, 0.15) is 60.7 Å². The lowest BCUT2D eigenvalue weighted by atomic mass is 9.84. The van der Waals surface area contributed by atoms with Gasteiger partial charge >= 0.3 is 0 Å². The summed E-state index contributed by atoms with van der Waals surface area (Å²) in [6, 6.07) is 2.75. The summed E-state index contributed by atoms with van der Waals surface area (Å²) in [5.41, 5.74) is 3.33.